The van der Waals surface area contributed by atoms with Crippen LogP contribution in [0.3, 0.4) is 0 Å². The summed E-state index contributed by atoms with van der Waals surface area (Å²) in [5, 5.41) is 3.82. The second-order valence-electron chi connectivity index (χ2n) is 7.07. The van der Waals surface area contributed by atoms with Crippen LogP contribution < -0.4 is 5.32 Å². The molecule has 118 valence electrons. The number of nitrogens with one attached hydrogen (secondary N) is 1. The van der Waals surface area contributed by atoms with Crippen LogP contribution in [-0.2, 0) is 5.54 Å². The zero-order chi connectivity index (χ0) is 15.3. The van der Waals surface area contributed by atoms with Gasteiger partial charge in [0.1, 0.15) is 0 Å². The lowest BCUT2D eigenvalue weighted by Gasteiger charge is -2.48. The number of unbranched alkanes of at least 4 members (excludes halogenated alkanes) is 2. The molecule has 2 unspecified atom stereocenters. The van der Waals surface area contributed by atoms with Gasteiger partial charge in [0.25, 0.3) is 0 Å². The quantitative estimate of drug-likeness (QED) is 0.795. The number of piperazine rings is 1. The summed E-state index contributed by atoms with van der Waals surface area (Å²) in [5.74, 6) is 0.708. The van der Waals surface area contributed by atoms with Gasteiger partial charge in [0.2, 0.25) is 0 Å². The first-order valence-electron chi connectivity index (χ1n) is 8.61. The molecule has 1 aromatic carbocycles. The first-order chi connectivity index (χ1) is 10.1. The van der Waals surface area contributed by atoms with Crippen LogP contribution in [0.4, 0.5) is 0 Å². The van der Waals surface area contributed by atoms with Gasteiger partial charge in [-0.25, -0.2) is 0 Å². The summed E-state index contributed by atoms with van der Waals surface area (Å²) >= 11 is 0. The average Bonchev–Trinajstić information content (AvgIpc) is 2.48. The standard InChI is InChI=1S/C19H32N2/c1-5-6-10-13-21-15-19(4,17-11-8-7-9-12-17)20-14-18(21)16(2)3/h7-9,11-12,16,18,20H,5-6,10,13-15H2,1-4H3. The molecule has 2 rings (SSSR count). The normalized spacial score (nSPS) is 27.2. The second kappa shape index (κ2) is 7.42. The van der Waals surface area contributed by atoms with Crippen molar-refractivity contribution >= 4 is 0 Å². The fourth-order valence-electron chi connectivity index (χ4n) is 3.50. The first kappa shape index (κ1) is 16.5. The van der Waals surface area contributed by atoms with E-state index in [0.29, 0.717) is 12.0 Å². The fourth-order valence-corrected chi connectivity index (χ4v) is 3.50. The third-order valence-electron chi connectivity index (χ3n) is 4.92. The van der Waals surface area contributed by atoms with Crippen LogP contribution in [0.25, 0.3) is 0 Å². The molecule has 1 N–H and O–H groups in total. The van der Waals surface area contributed by atoms with Crippen LogP contribution in [0.5, 0.6) is 0 Å². The summed E-state index contributed by atoms with van der Waals surface area (Å²) < 4.78 is 0. The maximum atomic E-state index is 3.82. The van der Waals surface area contributed by atoms with Gasteiger partial charge >= 0.3 is 0 Å². The highest BCUT2D eigenvalue weighted by atomic mass is 15.3. The number of nitrogens with zero attached hydrogens (tertiary/aromatic N) is 1. The molecule has 0 radical (unpaired) electrons. The van der Waals surface area contributed by atoms with Crippen molar-refractivity contribution in [2.45, 2.75) is 58.5 Å². The van der Waals surface area contributed by atoms with Crippen molar-refractivity contribution in [3.05, 3.63) is 35.9 Å². The molecule has 1 aliphatic rings. The second-order valence-corrected chi connectivity index (χ2v) is 7.07. The van der Waals surface area contributed by atoms with Crippen LogP contribution in [-0.4, -0.2) is 30.6 Å². The van der Waals surface area contributed by atoms with Crippen molar-refractivity contribution in [3.63, 3.8) is 0 Å². The van der Waals surface area contributed by atoms with Gasteiger partial charge in [-0.15, -0.1) is 0 Å². The van der Waals surface area contributed by atoms with Crippen molar-refractivity contribution < 1.29 is 0 Å². The van der Waals surface area contributed by atoms with Gasteiger partial charge in [0.05, 0.1) is 5.54 Å². The molecule has 0 bridgehead atoms. The lowest BCUT2D eigenvalue weighted by Crippen LogP contribution is -2.62. The van der Waals surface area contributed by atoms with Crippen molar-refractivity contribution in [2.75, 3.05) is 19.6 Å². The monoisotopic (exact) mass is 288 g/mol. The number of benzene rings is 1. The smallest absolute Gasteiger partial charge is 0.0535 e. The van der Waals surface area contributed by atoms with Gasteiger partial charge in [-0.3, -0.25) is 4.90 Å². The summed E-state index contributed by atoms with van der Waals surface area (Å²) in [4.78, 5) is 2.73. The van der Waals surface area contributed by atoms with E-state index in [9.17, 15) is 0 Å². The molecule has 2 nitrogen and oxygen atoms in total. The van der Waals surface area contributed by atoms with E-state index in [4.69, 9.17) is 0 Å². The third kappa shape index (κ3) is 4.08. The van der Waals surface area contributed by atoms with Gasteiger partial charge < -0.3 is 5.32 Å². The Hall–Kier alpha value is -0.860. The predicted molar refractivity (Wildman–Crippen MR) is 91.5 cm³/mol. The minimum atomic E-state index is 0.0822. The van der Waals surface area contributed by atoms with E-state index in [2.05, 4.69) is 68.2 Å². The number of rotatable bonds is 6. The minimum absolute atomic E-state index is 0.0822. The number of hydrogen-bond donors (Lipinski definition) is 1. The van der Waals surface area contributed by atoms with Crippen molar-refractivity contribution in [2.24, 2.45) is 5.92 Å². The third-order valence-corrected chi connectivity index (χ3v) is 4.92. The largest absolute Gasteiger partial charge is 0.305 e. The average molecular weight is 288 g/mol. The molecule has 1 saturated heterocycles. The summed E-state index contributed by atoms with van der Waals surface area (Å²) in [6.07, 6.45) is 3.97. The first-order valence-corrected chi connectivity index (χ1v) is 8.61. The molecule has 2 atom stereocenters. The Morgan fingerprint density at radius 1 is 1.24 bits per heavy atom. The highest BCUT2D eigenvalue weighted by molar-refractivity contribution is 5.25. The van der Waals surface area contributed by atoms with Gasteiger partial charge in [-0.2, -0.15) is 0 Å². The lowest BCUT2D eigenvalue weighted by atomic mass is 9.86. The van der Waals surface area contributed by atoms with Gasteiger partial charge in [0, 0.05) is 19.1 Å². The summed E-state index contributed by atoms with van der Waals surface area (Å²) in [7, 11) is 0. The molecule has 0 aliphatic carbocycles. The summed E-state index contributed by atoms with van der Waals surface area (Å²) in [5.41, 5.74) is 1.49. The van der Waals surface area contributed by atoms with Crippen molar-refractivity contribution in [1.29, 1.82) is 0 Å². The Morgan fingerprint density at radius 3 is 2.57 bits per heavy atom. The topological polar surface area (TPSA) is 15.3 Å². The van der Waals surface area contributed by atoms with E-state index >= 15 is 0 Å². The van der Waals surface area contributed by atoms with Crippen LogP contribution in [0.1, 0.15) is 52.5 Å². The lowest BCUT2D eigenvalue weighted by molar-refractivity contribution is 0.0594. The molecule has 0 amide bonds. The van der Waals surface area contributed by atoms with E-state index in [0.717, 1.165) is 13.1 Å². The zero-order valence-corrected chi connectivity index (χ0v) is 14.2. The molecule has 0 saturated carbocycles. The van der Waals surface area contributed by atoms with Crippen LogP contribution in [0, 0.1) is 5.92 Å². The Balaban J connectivity index is 2.10. The van der Waals surface area contributed by atoms with Crippen molar-refractivity contribution in [3.8, 4) is 0 Å². The van der Waals surface area contributed by atoms with Gasteiger partial charge in [-0.1, -0.05) is 63.9 Å². The molecule has 1 fully saturated rings. The molecule has 1 aliphatic heterocycles. The molecule has 0 spiro atoms. The van der Waals surface area contributed by atoms with E-state index < -0.39 is 0 Å². The maximum Gasteiger partial charge on any atom is 0.0535 e. The van der Waals surface area contributed by atoms with Crippen molar-refractivity contribution in [1.82, 2.24) is 10.2 Å². The molecule has 1 heterocycles. The summed E-state index contributed by atoms with van der Waals surface area (Å²) in [6, 6.07) is 11.6. The maximum absolute atomic E-state index is 3.82. The Bertz CT molecular complexity index is 415. The highest BCUT2D eigenvalue weighted by Gasteiger charge is 2.37. The van der Waals surface area contributed by atoms with Gasteiger partial charge in [-0.05, 0) is 31.4 Å². The number of hydrogen-bond acceptors (Lipinski definition) is 2. The minimum Gasteiger partial charge on any atom is -0.305 e. The molecule has 0 aromatic heterocycles. The SMILES string of the molecule is CCCCCN1CC(C)(c2ccccc2)NCC1C(C)C. The van der Waals surface area contributed by atoms with Crippen LogP contribution >= 0.6 is 0 Å². The summed E-state index contributed by atoms with van der Waals surface area (Å²) in [6.45, 7) is 12.8. The van der Waals surface area contributed by atoms with E-state index in [-0.39, 0.29) is 5.54 Å². The molecule has 21 heavy (non-hydrogen) atoms. The van der Waals surface area contributed by atoms with Gasteiger partial charge in [0.15, 0.2) is 0 Å². The zero-order valence-electron chi connectivity index (χ0n) is 14.2. The Morgan fingerprint density at radius 2 is 1.95 bits per heavy atom. The molecular formula is C19H32N2. The Labute approximate surface area is 130 Å². The van der Waals surface area contributed by atoms with Crippen LogP contribution in [0.2, 0.25) is 0 Å². The predicted octanol–water partition coefficient (Wildman–Crippen LogP) is 4.02. The molecule has 2 heteroatoms. The van der Waals surface area contributed by atoms with E-state index in [1.54, 1.807) is 0 Å². The van der Waals surface area contributed by atoms with E-state index in [1.807, 2.05) is 0 Å². The fraction of sp³-hybridized carbons (Fsp3) is 0.684. The molecular weight excluding hydrogens is 256 g/mol. The molecule has 1 aromatic rings. The van der Waals surface area contributed by atoms with Crippen LogP contribution in [0.15, 0.2) is 30.3 Å². The van der Waals surface area contributed by atoms with E-state index in [1.165, 1.54) is 31.4 Å². The Kier molecular flexibility index (Phi) is 5.83. The highest BCUT2D eigenvalue weighted by Crippen LogP contribution is 2.28.